The van der Waals surface area contributed by atoms with Gasteiger partial charge in [-0.1, -0.05) is 11.6 Å². The van der Waals surface area contributed by atoms with Crippen molar-refractivity contribution in [3.63, 3.8) is 0 Å². The maximum Gasteiger partial charge on any atom is 0.261 e. The Labute approximate surface area is 141 Å². The standard InChI is InChI=1S/C14H10BrClN2O3S/c1-21-14-5-4-11(7-12(14)15)22(19,20)18-13-6-10(16)3-2-9(13)8-17/h2-7,18H,1H3. The van der Waals surface area contributed by atoms with Crippen LogP contribution in [0.3, 0.4) is 0 Å². The third-order valence-corrected chi connectivity index (χ3v) is 5.00. The van der Waals surface area contributed by atoms with Gasteiger partial charge in [-0.15, -0.1) is 0 Å². The van der Waals surface area contributed by atoms with Crippen molar-refractivity contribution in [2.24, 2.45) is 0 Å². The molecule has 0 aliphatic carbocycles. The number of hydrogen-bond acceptors (Lipinski definition) is 4. The molecular formula is C14H10BrClN2O3S. The van der Waals surface area contributed by atoms with E-state index in [2.05, 4.69) is 20.7 Å². The number of anilines is 1. The molecule has 0 aromatic heterocycles. The molecule has 0 saturated heterocycles. The van der Waals surface area contributed by atoms with Gasteiger partial charge in [0.2, 0.25) is 0 Å². The van der Waals surface area contributed by atoms with Crippen LogP contribution >= 0.6 is 27.5 Å². The van der Waals surface area contributed by atoms with Gasteiger partial charge in [0.1, 0.15) is 11.8 Å². The molecule has 2 aromatic carbocycles. The maximum atomic E-state index is 12.4. The van der Waals surface area contributed by atoms with Crippen molar-refractivity contribution in [3.05, 3.63) is 51.5 Å². The van der Waals surface area contributed by atoms with Crippen molar-refractivity contribution in [1.29, 1.82) is 5.26 Å². The summed E-state index contributed by atoms with van der Waals surface area (Å²) in [7, 11) is -2.37. The third kappa shape index (κ3) is 3.53. The van der Waals surface area contributed by atoms with Crippen LogP contribution in [0.15, 0.2) is 45.8 Å². The van der Waals surface area contributed by atoms with E-state index in [1.807, 2.05) is 6.07 Å². The maximum absolute atomic E-state index is 12.4. The number of methoxy groups -OCH3 is 1. The number of ether oxygens (including phenoxy) is 1. The van der Waals surface area contributed by atoms with Crippen LogP contribution < -0.4 is 9.46 Å². The summed E-state index contributed by atoms with van der Waals surface area (Å²) in [6.45, 7) is 0. The lowest BCUT2D eigenvalue weighted by atomic mass is 10.2. The average molecular weight is 402 g/mol. The zero-order valence-electron chi connectivity index (χ0n) is 11.3. The Kier molecular flexibility index (Phi) is 4.96. The van der Waals surface area contributed by atoms with Gasteiger partial charge in [0.25, 0.3) is 10.0 Å². The normalized spacial score (nSPS) is 10.8. The number of rotatable bonds is 4. The zero-order valence-corrected chi connectivity index (χ0v) is 14.5. The van der Waals surface area contributed by atoms with Crippen LogP contribution in [0.25, 0.3) is 0 Å². The Hall–Kier alpha value is -1.75. The zero-order chi connectivity index (χ0) is 16.3. The Bertz CT molecular complexity index is 863. The van der Waals surface area contributed by atoms with E-state index >= 15 is 0 Å². The van der Waals surface area contributed by atoms with Crippen LogP contribution in [0.4, 0.5) is 5.69 Å². The van der Waals surface area contributed by atoms with E-state index in [1.165, 1.54) is 43.5 Å². The summed E-state index contributed by atoms with van der Waals surface area (Å²) in [5.41, 5.74) is 0.308. The predicted molar refractivity (Wildman–Crippen MR) is 87.7 cm³/mol. The summed E-state index contributed by atoms with van der Waals surface area (Å²) in [6.07, 6.45) is 0. The van der Waals surface area contributed by atoms with Gasteiger partial charge < -0.3 is 4.74 Å². The van der Waals surface area contributed by atoms with E-state index in [-0.39, 0.29) is 16.1 Å². The van der Waals surface area contributed by atoms with E-state index in [4.69, 9.17) is 21.6 Å². The monoisotopic (exact) mass is 400 g/mol. The first-order chi connectivity index (χ1) is 10.4. The molecule has 0 aliphatic rings. The molecule has 0 unspecified atom stereocenters. The molecule has 0 atom stereocenters. The summed E-state index contributed by atoms with van der Waals surface area (Å²) in [5, 5.41) is 9.36. The molecule has 2 aromatic rings. The van der Waals surface area contributed by atoms with Gasteiger partial charge in [0.05, 0.1) is 27.7 Å². The van der Waals surface area contributed by atoms with Gasteiger partial charge in [-0.25, -0.2) is 8.42 Å². The van der Waals surface area contributed by atoms with E-state index in [0.29, 0.717) is 15.2 Å². The van der Waals surface area contributed by atoms with Crippen molar-refractivity contribution in [2.45, 2.75) is 4.90 Å². The number of halogens is 2. The van der Waals surface area contributed by atoms with Gasteiger partial charge in [0.15, 0.2) is 0 Å². The van der Waals surface area contributed by atoms with Gasteiger partial charge in [-0.2, -0.15) is 5.26 Å². The van der Waals surface area contributed by atoms with Crippen molar-refractivity contribution in [2.75, 3.05) is 11.8 Å². The number of nitrogens with zero attached hydrogens (tertiary/aromatic N) is 1. The number of nitrogens with one attached hydrogen (secondary N) is 1. The summed E-state index contributed by atoms with van der Waals surface area (Å²) in [4.78, 5) is 0.0315. The van der Waals surface area contributed by atoms with Crippen molar-refractivity contribution >= 4 is 43.2 Å². The lowest BCUT2D eigenvalue weighted by molar-refractivity contribution is 0.411. The minimum atomic E-state index is -3.86. The quantitative estimate of drug-likeness (QED) is 0.845. The first kappa shape index (κ1) is 16.6. The van der Waals surface area contributed by atoms with Crippen LogP contribution in [-0.2, 0) is 10.0 Å². The highest BCUT2D eigenvalue weighted by Crippen LogP contribution is 2.29. The van der Waals surface area contributed by atoms with Crippen LogP contribution in [0.1, 0.15) is 5.56 Å². The second-order valence-corrected chi connectivity index (χ2v) is 7.18. The van der Waals surface area contributed by atoms with Crippen LogP contribution in [-0.4, -0.2) is 15.5 Å². The Morgan fingerprint density at radius 2 is 2.00 bits per heavy atom. The van der Waals surface area contributed by atoms with Crippen LogP contribution in [0.5, 0.6) is 5.75 Å². The van der Waals surface area contributed by atoms with Crippen molar-refractivity contribution in [1.82, 2.24) is 0 Å². The van der Waals surface area contributed by atoms with E-state index in [9.17, 15) is 8.42 Å². The van der Waals surface area contributed by atoms with Gasteiger partial charge in [0, 0.05) is 5.02 Å². The molecule has 114 valence electrons. The molecule has 22 heavy (non-hydrogen) atoms. The Morgan fingerprint density at radius 3 is 2.59 bits per heavy atom. The van der Waals surface area contributed by atoms with E-state index in [1.54, 1.807) is 0 Å². The van der Waals surface area contributed by atoms with Crippen LogP contribution in [0.2, 0.25) is 5.02 Å². The molecule has 0 spiro atoms. The van der Waals surface area contributed by atoms with Gasteiger partial charge in [-0.05, 0) is 52.3 Å². The lowest BCUT2D eigenvalue weighted by Crippen LogP contribution is -2.14. The predicted octanol–water partition coefficient (Wildman–Crippen LogP) is 3.78. The van der Waals surface area contributed by atoms with Crippen molar-refractivity contribution in [3.8, 4) is 11.8 Å². The summed E-state index contributed by atoms with van der Waals surface area (Å²) in [5.74, 6) is 0.513. The molecule has 0 bridgehead atoms. The highest BCUT2D eigenvalue weighted by atomic mass is 79.9. The number of sulfonamides is 1. The van der Waals surface area contributed by atoms with Gasteiger partial charge >= 0.3 is 0 Å². The molecule has 0 amide bonds. The highest BCUT2D eigenvalue weighted by molar-refractivity contribution is 9.10. The summed E-state index contributed by atoms with van der Waals surface area (Å²) in [6, 6.07) is 10.6. The molecule has 1 N–H and O–H groups in total. The SMILES string of the molecule is COc1ccc(S(=O)(=O)Nc2cc(Cl)ccc2C#N)cc1Br. The minimum absolute atomic E-state index is 0.0315. The molecule has 5 nitrogen and oxygen atoms in total. The van der Waals surface area contributed by atoms with Crippen molar-refractivity contribution < 1.29 is 13.2 Å². The fourth-order valence-corrected chi connectivity index (χ4v) is 3.68. The van der Waals surface area contributed by atoms with Crippen LogP contribution in [0, 0.1) is 11.3 Å². The second kappa shape index (κ2) is 6.57. The molecule has 2 rings (SSSR count). The molecule has 0 radical (unpaired) electrons. The second-order valence-electron chi connectivity index (χ2n) is 4.20. The Balaban J connectivity index is 2.42. The first-order valence-electron chi connectivity index (χ1n) is 5.93. The number of benzene rings is 2. The fraction of sp³-hybridized carbons (Fsp3) is 0.0714. The number of hydrogen-bond donors (Lipinski definition) is 1. The third-order valence-electron chi connectivity index (χ3n) is 2.78. The minimum Gasteiger partial charge on any atom is -0.496 e. The summed E-state index contributed by atoms with van der Waals surface area (Å²) >= 11 is 9.08. The van der Waals surface area contributed by atoms with Gasteiger partial charge in [-0.3, -0.25) is 4.72 Å². The summed E-state index contributed by atoms with van der Waals surface area (Å²) < 4.78 is 32.7. The topological polar surface area (TPSA) is 79.2 Å². The molecule has 0 fully saturated rings. The molecule has 0 saturated carbocycles. The molecular weight excluding hydrogens is 392 g/mol. The molecule has 8 heteroatoms. The molecule has 0 aliphatic heterocycles. The lowest BCUT2D eigenvalue weighted by Gasteiger charge is -2.11. The largest absolute Gasteiger partial charge is 0.496 e. The number of nitriles is 1. The van der Waals surface area contributed by atoms with E-state index < -0.39 is 10.0 Å². The highest BCUT2D eigenvalue weighted by Gasteiger charge is 2.18. The fourth-order valence-electron chi connectivity index (χ4n) is 1.72. The molecule has 0 heterocycles. The Morgan fingerprint density at radius 1 is 1.27 bits per heavy atom. The van der Waals surface area contributed by atoms with E-state index in [0.717, 1.165) is 0 Å². The average Bonchev–Trinajstić information content (AvgIpc) is 2.47. The first-order valence-corrected chi connectivity index (χ1v) is 8.59. The smallest absolute Gasteiger partial charge is 0.261 e.